The lowest BCUT2D eigenvalue weighted by Crippen LogP contribution is -1.65. The van der Waals surface area contributed by atoms with E-state index in [1.165, 1.54) is 0 Å². The molecule has 0 spiro atoms. The minimum atomic E-state index is 0.324. The third kappa shape index (κ3) is 1.36. The van der Waals surface area contributed by atoms with Crippen LogP contribution in [-0.2, 0) is 0 Å². The van der Waals surface area contributed by atoms with E-state index in [1.54, 1.807) is 12.1 Å². The molecule has 0 heterocycles. The first-order valence-electron chi connectivity index (χ1n) is 2.23. The SMILES string of the molecule is Oc1ccc([125I])cc1. The zero-order chi connectivity index (χ0) is 5.98. The minimum absolute atomic E-state index is 0.324. The zero-order valence-electron chi connectivity index (χ0n) is 4.13. The molecule has 0 fully saturated rings. The van der Waals surface area contributed by atoms with E-state index in [-0.39, 0.29) is 0 Å². The van der Waals surface area contributed by atoms with Gasteiger partial charge in [-0.3, -0.25) is 0 Å². The molecule has 0 atom stereocenters. The topological polar surface area (TPSA) is 20.2 Å². The molecule has 0 aromatic heterocycles. The second-order valence-electron chi connectivity index (χ2n) is 1.48. The van der Waals surface area contributed by atoms with E-state index >= 15 is 0 Å². The van der Waals surface area contributed by atoms with Crippen LogP contribution < -0.4 is 0 Å². The van der Waals surface area contributed by atoms with Gasteiger partial charge in [0.25, 0.3) is 0 Å². The molecule has 1 rings (SSSR count). The largest absolute Gasteiger partial charge is 0.508 e. The van der Waals surface area contributed by atoms with E-state index in [2.05, 4.69) is 22.6 Å². The summed E-state index contributed by atoms with van der Waals surface area (Å²) in [6, 6.07) is 7.05. The molecule has 0 unspecified atom stereocenters. The Morgan fingerprint density at radius 1 is 1.12 bits per heavy atom. The van der Waals surface area contributed by atoms with E-state index in [0.29, 0.717) is 5.75 Å². The maximum Gasteiger partial charge on any atom is 0.115 e. The number of halogens is 1. The summed E-state index contributed by atoms with van der Waals surface area (Å²) >= 11 is 2.19. The predicted molar refractivity (Wildman–Crippen MR) is 40.8 cm³/mol. The average molecular weight is 218 g/mol. The van der Waals surface area contributed by atoms with Gasteiger partial charge in [0.1, 0.15) is 5.75 Å². The molecular formula is C6H5IO. The van der Waals surface area contributed by atoms with E-state index in [4.69, 9.17) is 5.11 Å². The standard InChI is InChI=1S/C6H5IO/c7-5-1-3-6(8)4-2-5/h1-4,8H/i7-2. The lowest BCUT2D eigenvalue weighted by molar-refractivity contribution is 0.475. The van der Waals surface area contributed by atoms with Gasteiger partial charge in [-0.2, -0.15) is 0 Å². The molecular weight excluding hydrogens is 213 g/mol. The molecule has 1 N–H and O–H groups in total. The first-order valence-corrected chi connectivity index (χ1v) is 3.31. The van der Waals surface area contributed by atoms with Gasteiger partial charge in [0.2, 0.25) is 0 Å². The van der Waals surface area contributed by atoms with Crippen molar-refractivity contribution in [1.82, 2.24) is 0 Å². The highest BCUT2D eigenvalue weighted by atomic mass is 125. The summed E-state index contributed by atoms with van der Waals surface area (Å²) in [7, 11) is 0. The molecule has 0 radical (unpaired) electrons. The Balaban J connectivity index is 3.03. The fourth-order valence-electron chi connectivity index (χ4n) is 0.441. The van der Waals surface area contributed by atoms with Gasteiger partial charge in [0.05, 0.1) is 0 Å². The van der Waals surface area contributed by atoms with Crippen molar-refractivity contribution < 1.29 is 5.11 Å². The molecule has 0 saturated heterocycles. The Labute approximate surface area is 61.5 Å². The first-order chi connectivity index (χ1) is 3.79. The number of phenols is 1. The van der Waals surface area contributed by atoms with Gasteiger partial charge in [-0.05, 0) is 46.9 Å². The number of phenolic OH excluding ortho intramolecular Hbond substituents is 1. The van der Waals surface area contributed by atoms with Crippen LogP contribution in [0.1, 0.15) is 0 Å². The number of hydrogen-bond donors (Lipinski definition) is 1. The lowest BCUT2D eigenvalue weighted by atomic mass is 10.3. The molecule has 0 amide bonds. The summed E-state index contributed by atoms with van der Waals surface area (Å²) in [5.74, 6) is 0.324. The fourth-order valence-corrected chi connectivity index (χ4v) is 0.801. The maximum atomic E-state index is 8.75. The van der Waals surface area contributed by atoms with Crippen LogP contribution in [0.2, 0.25) is 0 Å². The molecule has 0 aliphatic carbocycles. The number of aromatic hydroxyl groups is 1. The second-order valence-corrected chi connectivity index (χ2v) is 2.72. The number of rotatable bonds is 0. The molecule has 0 aliphatic rings. The highest BCUT2D eigenvalue weighted by Gasteiger charge is 1.83. The van der Waals surface area contributed by atoms with Crippen LogP contribution in [0, 0.1) is 3.57 Å². The van der Waals surface area contributed by atoms with E-state index in [1.807, 2.05) is 12.1 Å². The average Bonchev–Trinajstić information content (AvgIpc) is 1.77. The fraction of sp³-hybridized carbons (Fsp3) is 0. The summed E-state index contributed by atoms with van der Waals surface area (Å²) < 4.78 is 1.14. The van der Waals surface area contributed by atoms with Crippen LogP contribution in [0.15, 0.2) is 24.3 Å². The predicted octanol–water partition coefficient (Wildman–Crippen LogP) is 2.00. The molecule has 0 bridgehead atoms. The van der Waals surface area contributed by atoms with E-state index in [0.717, 1.165) is 3.57 Å². The maximum absolute atomic E-state index is 8.75. The van der Waals surface area contributed by atoms with Crippen molar-refractivity contribution in [3.05, 3.63) is 27.8 Å². The van der Waals surface area contributed by atoms with Gasteiger partial charge in [-0.25, -0.2) is 0 Å². The van der Waals surface area contributed by atoms with Crippen molar-refractivity contribution in [2.75, 3.05) is 0 Å². The Morgan fingerprint density at radius 3 is 2.00 bits per heavy atom. The van der Waals surface area contributed by atoms with Gasteiger partial charge < -0.3 is 5.11 Å². The third-order valence-corrected chi connectivity index (χ3v) is 1.55. The van der Waals surface area contributed by atoms with Gasteiger partial charge in [0, 0.05) is 3.57 Å². The van der Waals surface area contributed by atoms with E-state index < -0.39 is 0 Å². The first kappa shape index (κ1) is 5.88. The zero-order valence-corrected chi connectivity index (χ0v) is 6.29. The summed E-state index contributed by atoms with van der Waals surface area (Å²) in [4.78, 5) is 0. The van der Waals surface area contributed by atoms with E-state index in [9.17, 15) is 0 Å². The Kier molecular flexibility index (Phi) is 1.73. The van der Waals surface area contributed by atoms with Gasteiger partial charge in [0.15, 0.2) is 0 Å². The van der Waals surface area contributed by atoms with Crippen LogP contribution >= 0.6 is 22.6 Å². The molecule has 0 aliphatic heterocycles. The Hall–Kier alpha value is -0.250. The van der Waals surface area contributed by atoms with Crippen LogP contribution in [0.3, 0.4) is 0 Å². The summed E-state index contributed by atoms with van der Waals surface area (Å²) in [6.07, 6.45) is 0. The monoisotopic (exact) mass is 218 g/mol. The van der Waals surface area contributed by atoms with Crippen molar-refractivity contribution in [1.29, 1.82) is 0 Å². The highest BCUT2D eigenvalue weighted by molar-refractivity contribution is 14.1. The second kappa shape index (κ2) is 2.35. The van der Waals surface area contributed by atoms with Gasteiger partial charge in [-0.15, -0.1) is 0 Å². The molecule has 8 heavy (non-hydrogen) atoms. The van der Waals surface area contributed by atoms with Crippen LogP contribution in [-0.4, -0.2) is 5.11 Å². The van der Waals surface area contributed by atoms with Crippen molar-refractivity contribution in [2.24, 2.45) is 0 Å². The summed E-state index contributed by atoms with van der Waals surface area (Å²) in [5.41, 5.74) is 0. The lowest BCUT2D eigenvalue weighted by Gasteiger charge is -1.87. The minimum Gasteiger partial charge on any atom is -0.508 e. The molecule has 1 nitrogen and oxygen atoms in total. The molecule has 2 heteroatoms. The summed E-state index contributed by atoms with van der Waals surface area (Å²) in [5, 5.41) is 8.75. The van der Waals surface area contributed by atoms with Crippen LogP contribution in [0.4, 0.5) is 0 Å². The molecule has 0 saturated carbocycles. The smallest absolute Gasteiger partial charge is 0.115 e. The van der Waals surface area contributed by atoms with Crippen LogP contribution in [0.5, 0.6) is 5.75 Å². The quantitative estimate of drug-likeness (QED) is 0.660. The Morgan fingerprint density at radius 2 is 1.62 bits per heavy atom. The number of benzene rings is 1. The van der Waals surface area contributed by atoms with Gasteiger partial charge >= 0.3 is 0 Å². The van der Waals surface area contributed by atoms with Crippen LogP contribution in [0.25, 0.3) is 0 Å². The highest BCUT2D eigenvalue weighted by Crippen LogP contribution is 2.10. The van der Waals surface area contributed by atoms with Crippen molar-refractivity contribution in [3.63, 3.8) is 0 Å². The molecule has 1 aromatic carbocycles. The molecule has 42 valence electrons. The van der Waals surface area contributed by atoms with Gasteiger partial charge in [-0.1, -0.05) is 0 Å². The molecule has 1 aromatic rings. The van der Waals surface area contributed by atoms with Crippen molar-refractivity contribution in [3.8, 4) is 5.75 Å². The third-order valence-electron chi connectivity index (χ3n) is 0.827. The van der Waals surface area contributed by atoms with Crippen molar-refractivity contribution >= 4 is 22.6 Å². The Bertz CT molecular complexity index is 147. The van der Waals surface area contributed by atoms with Crippen molar-refractivity contribution in [2.45, 2.75) is 0 Å². The summed E-state index contributed by atoms with van der Waals surface area (Å²) in [6.45, 7) is 0. The number of hydrogen-bond acceptors (Lipinski definition) is 1. The normalized spacial score (nSPS) is 9.12.